The first-order valence-corrected chi connectivity index (χ1v) is 12.9. The molecule has 0 heterocycles. The van der Waals surface area contributed by atoms with Crippen molar-refractivity contribution in [3.8, 4) is 0 Å². The van der Waals surface area contributed by atoms with Gasteiger partial charge in [0.2, 0.25) is 0 Å². The number of nitrogens with zero attached hydrogens (tertiary/aromatic N) is 1. The van der Waals surface area contributed by atoms with Gasteiger partial charge in [0.25, 0.3) is 0 Å². The highest BCUT2D eigenvalue weighted by atomic mass is 32.2. The van der Waals surface area contributed by atoms with Gasteiger partial charge in [-0.15, -0.1) is 11.8 Å². The second kappa shape index (κ2) is 15.1. The molecule has 4 heteroatoms. The molecule has 0 spiro atoms. The third kappa shape index (κ3) is 9.65. The number of thioether (sulfide) groups is 1. The minimum absolute atomic E-state index is 0.438. The molecule has 0 fully saturated rings. The van der Waals surface area contributed by atoms with Crippen molar-refractivity contribution in [2.45, 2.75) is 104 Å². The largest absolute Gasteiger partial charge is 0.383 e. The maximum Gasteiger partial charge on any atom is 0.140 e. The fourth-order valence-electron chi connectivity index (χ4n) is 3.59. The smallest absolute Gasteiger partial charge is 0.140 e. The van der Waals surface area contributed by atoms with E-state index in [1.807, 2.05) is 0 Å². The molecule has 0 saturated carbocycles. The summed E-state index contributed by atoms with van der Waals surface area (Å²) >= 11 is 7.35. The van der Waals surface area contributed by atoms with Crippen LogP contribution in [-0.2, 0) is 0 Å². The van der Waals surface area contributed by atoms with Crippen LogP contribution in [0.25, 0.3) is 0 Å². The third-order valence-electron chi connectivity index (χ3n) is 5.34. The molecule has 0 aliphatic rings. The summed E-state index contributed by atoms with van der Waals surface area (Å²) in [5, 5.41) is 3.65. The van der Waals surface area contributed by atoms with Crippen LogP contribution < -0.4 is 10.2 Å². The third-order valence-corrected chi connectivity index (χ3v) is 6.58. The Morgan fingerprint density at radius 2 is 1.50 bits per heavy atom. The zero-order chi connectivity index (χ0) is 20.8. The van der Waals surface area contributed by atoms with Crippen molar-refractivity contribution in [1.29, 1.82) is 0 Å². The van der Waals surface area contributed by atoms with Gasteiger partial charge in [-0.2, -0.15) is 0 Å². The first-order valence-electron chi connectivity index (χ1n) is 11.3. The average molecular weight is 423 g/mol. The van der Waals surface area contributed by atoms with Crippen molar-refractivity contribution in [3.05, 3.63) is 24.3 Å². The molecule has 2 nitrogen and oxygen atoms in total. The van der Waals surface area contributed by atoms with Crippen molar-refractivity contribution < 1.29 is 0 Å². The van der Waals surface area contributed by atoms with Gasteiger partial charge < -0.3 is 10.2 Å². The Labute approximate surface area is 184 Å². The van der Waals surface area contributed by atoms with Gasteiger partial charge in [0.1, 0.15) is 4.32 Å². The van der Waals surface area contributed by atoms with Gasteiger partial charge in [0.05, 0.1) is 0 Å². The quantitative estimate of drug-likeness (QED) is 0.239. The number of thiocarbonyl (C=S) groups is 1. The molecule has 0 amide bonds. The standard InChI is InChI=1S/C24H42N2S2/c1-6-8-10-12-14-20(3)25-22-16-18-23(19-17-22)26(24(27)28-5)21(4)15-13-11-9-7-2/h16-21,25H,6-15H2,1-5H3. The van der Waals surface area contributed by atoms with Crippen molar-refractivity contribution in [2.24, 2.45) is 0 Å². The Balaban J connectivity index is 2.65. The molecule has 0 radical (unpaired) electrons. The zero-order valence-electron chi connectivity index (χ0n) is 18.8. The van der Waals surface area contributed by atoms with Crippen molar-refractivity contribution >= 4 is 39.7 Å². The molecule has 2 atom stereocenters. The van der Waals surface area contributed by atoms with Crippen molar-refractivity contribution in [3.63, 3.8) is 0 Å². The molecule has 0 aliphatic carbocycles. The molecule has 0 saturated heterocycles. The molecule has 1 aromatic rings. The highest BCUT2D eigenvalue weighted by Crippen LogP contribution is 2.26. The Morgan fingerprint density at radius 3 is 2.04 bits per heavy atom. The van der Waals surface area contributed by atoms with E-state index >= 15 is 0 Å². The topological polar surface area (TPSA) is 15.3 Å². The number of hydrogen-bond acceptors (Lipinski definition) is 3. The second-order valence-electron chi connectivity index (χ2n) is 7.98. The van der Waals surface area contributed by atoms with E-state index in [1.165, 1.54) is 75.6 Å². The number of nitrogens with one attached hydrogen (secondary N) is 1. The molecule has 28 heavy (non-hydrogen) atoms. The summed E-state index contributed by atoms with van der Waals surface area (Å²) in [4.78, 5) is 2.34. The summed E-state index contributed by atoms with van der Waals surface area (Å²) in [6, 6.07) is 9.81. The van der Waals surface area contributed by atoms with Crippen LogP contribution in [0.3, 0.4) is 0 Å². The lowest BCUT2D eigenvalue weighted by Gasteiger charge is -2.31. The van der Waals surface area contributed by atoms with Crippen LogP contribution >= 0.6 is 24.0 Å². The van der Waals surface area contributed by atoms with Gasteiger partial charge in [-0.3, -0.25) is 0 Å². The monoisotopic (exact) mass is 422 g/mol. The van der Waals surface area contributed by atoms with Crippen molar-refractivity contribution in [1.82, 2.24) is 0 Å². The van der Waals surface area contributed by atoms with Crippen molar-refractivity contribution in [2.75, 3.05) is 16.5 Å². The van der Waals surface area contributed by atoms with Crippen LogP contribution in [0.4, 0.5) is 11.4 Å². The van der Waals surface area contributed by atoms with E-state index in [0.29, 0.717) is 12.1 Å². The summed E-state index contributed by atoms with van der Waals surface area (Å²) in [5.41, 5.74) is 2.42. The fraction of sp³-hybridized carbons (Fsp3) is 0.708. The summed E-state index contributed by atoms with van der Waals surface area (Å²) in [5.74, 6) is 0. The maximum atomic E-state index is 5.68. The fourth-order valence-corrected chi connectivity index (χ4v) is 4.35. The van der Waals surface area contributed by atoms with Crippen LogP contribution in [0.15, 0.2) is 24.3 Å². The summed E-state index contributed by atoms with van der Waals surface area (Å²) in [6.07, 6.45) is 15.0. The van der Waals surface area contributed by atoms with Crippen LogP contribution in [-0.4, -0.2) is 22.7 Å². The van der Waals surface area contributed by atoms with Gasteiger partial charge in [0.15, 0.2) is 0 Å². The van der Waals surface area contributed by atoms with E-state index in [1.54, 1.807) is 11.8 Å². The number of unbranched alkanes of at least 4 members (excludes halogenated alkanes) is 6. The van der Waals surface area contributed by atoms with Gasteiger partial charge in [-0.1, -0.05) is 77.4 Å². The number of rotatable bonds is 14. The van der Waals surface area contributed by atoms with E-state index in [4.69, 9.17) is 12.2 Å². The highest BCUT2D eigenvalue weighted by Gasteiger charge is 2.18. The first kappa shape index (κ1) is 25.3. The van der Waals surface area contributed by atoms with E-state index in [2.05, 4.69) is 68.4 Å². The predicted molar refractivity (Wildman–Crippen MR) is 135 cm³/mol. The highest BCUT2D eigenvalue weighted by molar-refractivity contribution is 8.22. The van der Waals surface area contributed by atoms with Crippen LogP contribution in [0.1, 0.15) is 91.9 Å². The molecule has 0 aromatic heterocycles. The first-order chi connectivity index (χ1) is 13.5. The lowest BCUT2D eigenvalue weighted by molar-refractivity contribution is 0.574. The lowest BCUT2D eigenvalue weighted by atomic mass is 10.1. The van der Waals surface area contributed by atoms with E-state index in [-0.39, 0.29) is 0 Å². The zero-order valence-corrected chi connectivity index (χ0v) is 20.4. The molecule has 2 unspecified atom stereocenters. The number of anilines is 2. The molecule has 1 aromatic carbocycles. The van der Waals surface area contributed by atoms with E-state index in [9.17, 15) is 0 Å². The second-order valence-corrected chi connectivity index (χ2v) is 9.42. The molecular weight excluding hydrogens is 380 g/mol. The van der Waals surface area contributed by atoms with E-state index in [0.717, 1.165) is 4.32 Å². The Morgan fingerprint density at radius 1 is 0.929 bits per heavy atom. The summed E-state index contributed by atoms with van der Waals surface area (Å²) in [7, 11) is 0. The summed E-state index contributed by atoms with van der Waals surface area (Å²) < 4.78 is 0.966. The minimum Gasteiger partial charge on any atom is -0.383 e. The normalized spacial score (nSPS) is 13.2. The Hall–Kier alpha value is -0.740. The number of benzene rings is 1. The molecule has 0 aliphatic heterocycles. The van der Waals surface area contributed by atoms with Gasteiger partial charge in [-0.25, -0.2) is 0 Å². The van der Waals surface area contributed by atoms with Crippen LogP contribution in [0.5, 0.6) is 0 Å². The lowest BCUT2D eigenvalue weighted by Crippen LogP contribution is -2.36. The molecular formula is C24H42N2S2. The Kier molecular flexibility index (Phi) is 13.7. The molecule has 1 rings (SSSR count). The van der Waals surface area contributed by atoms with Gasteiger partial charge in [0, 0.05) is 23.5 Å². The summed E-state index contributed by atoms with van der Waals surface area (Å²) in [6.45, 7) is 9.12. The predicted octanol–water partition coefficient (Wildman–Crippen LogP) is 8.27. The maximum absolute atomic E-state index is 5.68. The van der Waals surface area contributed by atoms with E-state index < -0.39 is 0 Å². The van der Waals surface area contributed by atoms with Crippen LogP contribution in [0, 0.1) is 0 Å². The average Bonchev–Trinajstić information content (AvgIpc) is 2.70. The number of hydrogen-bond donors (Lipinski definition) is 1. The van der Waals surface area contributed by atoms with Gasteiger partial charge >= 0.3 is 0 Å². The molecule has 0 bridgehead atoms. The Bertz CT molecular complexity index is 530. The van der Waals surface area contributed by atoms with Gasteiger partial charge in [-0.05, 0) is 57.2 Å². The molecule has 160 valence electrons. The van der Waals surface area contributed by atoms with Crippen LogP contribution in [0.2, 0.25) is 0 Å². The molecule has 1 N–H and O–H groups in total. The SMILES string of the molecule is CCCCCCC(C)Nc1ccc(N(C(=S)SC)C(C)CCCCCC)cc1. The minimum atomic E-state index is 0.438.